The van der Waals surface area contributed by atoms with Crippen LogP contribution in [0.25, 0.3) is 0 Å². The highest BCUT2D eigenvalue weighted by atomic mass is 32.2. The van der Waals surface area contributed by atoms with E-state index in [-0.39, 0.29) is 6.10 Å². The number of hydrogen-bond donors (Lipinski definition) is 0. The Labute approximate surface area is 122 Å². The van der Waals surface area contributed by atoms with Crippen LogP contribution in [-0.2, 0) is 14.3 Å². The van der Waals surface area contributed by atoms with Crippen LogP contribution in [0.1, 0.15) is 20.8 Å². The van der Waals surface area contributed by atoms with Crippen molar-refractivity contribution in [3.8, 4) is 0 Å². The van der Waals surface area contributed by atoms with Gasteiger partial charge in [0.25, 0.3) is 0 Å². The van der Waals surface area contributed by atoms with Crippen molar-refractivity contribution in [1.82, 2.24) is 4.90 Å². The molecule has 0 saturated heterocycles. The molecule has 0 N–H and O–H groups in total. The Bertz CT molecular complexity index is 519. The van der Waals surface area contributed by atoms with E-state index in [4.69, 9.17) is 9.47 Å². The number of rotatable bonds is 3. The molecular weight excluding hydrogens is 278 g/mol. The first-order valence-electron chi connectivity index (χ1n) is 6.46. The molecule has 20 heavy (non-hydrogen) atoms. The highest BCUT2D eigenvalue weighted by molar-refractivity contribution is 8.03. The smallest absolute Gasteiger partial charge is 0.418 e. The zero-order chi connectivity index (χ0) is 14.7. The summed E-state index contributed by atoms with van der Waals surface area (Å²) in [7, 11) is 0. The summed E-state index contributed by atoms with van der Waals surface area (Å²) in [6.45, 7) is 5.61. The van der Waals surface area contributed by atoms with Crippen molar-refractivity contribution in [2.45, 2.75) is 26.9 Å². The fourth-order valence-corrected chi connectivity index (χ4v) is 2.80. The number of carbonyl (C=O) groups excluding carboxylic acids is 2. The zero-order valence-corrected chi connectivity index (χ0v) is 12.5. The molecule has 0 spiro atoms. The average Bonchev–Trinajstić information content (AvgIpc) is 2.84. The SMILES string of the molecule is CCOC(=O)C1=CN(C(=O)OC(C)C)C2=CCSC2=C1. The topological polar surface area (TPSA) is 55.8 Å². The van der Waals surface area contributed by atoms with Crippen molar-refractivity contribution in [1.29, 1.82) is 0 Å². The van der Waals surface area contributed by atoms with Gasteiger partial charge in [-0.1, -0.05) is 0 Å². The van der Waals surface area contributed by atoms with E-state index in [0.29, 0.717) is 12.2 Å². The first kappa shape index (κ1) is 14.7. The maximum atomic E-state index is 12.1. The van der Waals surface area contributed by atoms with Gasteiger partial charge in [0, 0.05) is 16.9 Å². The number of carbonyl (C=O) groups is 2. The van der Waals surface area contributed by atoms with Crippen LogP contribution in [-0.4, -0.2) is 35.4 Å². The van der Waals surface area contributed by atoms with Crippen molar-refractivity contribution in [3.63, 3.8) is 0 Å². The quantitative estimate of drug-likeness (QED) is 0.749. The molecule has 2 aliphatic rings. The third-order valence-electron chi connectivity index (χ3n) is 2.63. The summed E-state index contributed by atoms with van der Waals surface area (Å²) >= 11 is 1.58. The summed E-state index contributed by atoms with van der Waals surface area (Å²) in [5, 5.41) is 0. The summed E-state index contributed by atoms with van der Waals surface area (Å²) in [4.78, 5) is 26.2. The molecule has 0 aliphatic carbocycles. The summed E-state index contributed by atoms with van der Waals surface area (Å²) in [6.07, 6.45) is 4.47. The van der Waals surface area contributed by atoms with E-state index >= 15 is 0 Å². The molecule has 2 rings (SSSR count). The highest BCUT2D eigenvalue weighted by Crippen LogP contribution is 2.38. The highest BCUT2D eigenvalue weighted by Gasteiger charge is 2.30. The average molecular weight is 295 g/mol. The maximum Gasteiger partial charge on any atom is 0.418 e. The fourth-order valence-electron chi connectivity index (χ4n) is 1.84. The minimum Gasteiger partial charge on any atom is -0.462 e. The van der Waals surface area contributed by atoms with Crippen LogP contribution in [0.15, 0.2) is 34.5 Å². The van der Waals surface area contributed by atoms with E-state index < -0.39 is 12.1 Å². The Morgan fingerprint density at radius 1 is 1.45 bits per heavy atom. The van der Waals surface area contributed by atoms with Crippen LogP contribution in [0.2, 0.25) is 0 Å². The summed E-state index contributed by atoms with van der Waals surface area (Å²) in [5.41, 5.74) is 1.13. The number of esters is 1. The van der Waals surface area contributed by atoms with Crippen molar-refractivity contribution < 1.29 is 19.1 Å². The summed E-state index contributed by atoms with van der Waals surface area (Å²) in [5.74, 6) is 0.338. The Balaban J connectivity index is 2.27. The van der Waals surface area contributed by atoms with Crippen molar-refractivity contribution >= 4 is 23.8 Å². The van der Waals surface area contributed by atoms with E-state index in [1.165, 1.54) is 11.1 Å². The van der Waals surface area contributed by atoms with E-state index in [2.05, 4.69) is 0 Å². The second-order valence-electron chi connectivity index (χ2n) is 4.52. The van der Waals surface area contributed by atoms with Gasteiger partial charge in [-0.05, 0) is 32.9 Å². The van der Waals surface area contributed by atoms with Crippen LogP contribution in [0, 0.1) is 0 Å². The van der Waals surface area contributed by atoms with Gasteiger partial charge in [0.15, 0.2) is 0 Å². The largest absolute Gasteiger partial charge is 0.462 e. The van der Waals surface area contributed by atoms with E-state index in [0.717, 1.165) is 16.4 Å². The lowest BCUT2D eigenvalue weighted by atomic mass is 10.1. The standard InChI is InChI=1S/C14H17NO4S/c1-4-18-13(16)10-7-12-11(5-6-20-12)15(8-10)14(17)19-9(2)3/h5,7-9H,4,6H2,1-3H3. The van der Waals surface area contributed by atoms with Crippen molar-refractivity contribution in [3.05, 3.63) is 34.5 Å². The molecular formula is C14H17NO4S. The molecule has 108 valence electrons. The van der Waals surface area contributed by atoms with E-state index in [1.54, 1.807) is 38.6 Å². The van der Waals surface area contributed by atoms with Gasteiger partial charge in [-0.15, -0.1) is 11.8 Å². The van der Waals surface area contributed by atoms with Gasteiger partial charge in [0.2, 0.25) is 0 Å². The monoisotopic (exact) mass is 295 g/mol. The number of ether oxygens (including phenoxy) is 2. The maximum absolute atomic E-state index is 12.1. The third-order valence-corrected chi connectivity index (χ3v) is 3.60. The van der Waals surface area contributed by atoms with Crippen LogP contribution in [0.5, 0.6) is 0 Å². The molecule has 0 atom stereocenters. The lowest BCUT2D eigenvalue weighted by molar-refractivity contribution is -0.138. The molecule has 2 aliphatic heterocycles. The van der Waals surface area contributed by atoms with Crippen LogP contribution in [0.3, 0.4) is 0 Å². The number of fused-ring (bicyclic) bond motifs is 1. The van der Waals surface area contributed by atoms with Crippen LogP contribution in [0.4, 0.5) is 4.79 Å². The normalized spacial score (nSPS) is 17.2. The Kier molecular flexibility index (Phi) is 4.54. The predicted octanol–water partition coefficient (Wildman–Crippen LogP) is 2.81. The van der Waals surface area contributed by atoms with Crippen molar-refractivity contribution in [2.24, 2.45) is 0 Å². The van der Waals surface area contributed by atoms with Crippen molar-refractivity contribution in [2.75, 3.05) is 12.4 Å². The third kappa shape index (κ3) is 3.07. The van der Waals surface area contributed by atoms with Crippen LogP contribution < -0.4 is 0 Å². The first-order valence-corrected chi connectivity index (χ1v) is 7.45. The van der Waals surface area contributed by atoms with Crippen LogP contribution >= 0.6 is 11.8 Å². The number of amides is 1. The van der Waals surface area contributed by atoms with E-state index in [1.807, 2.05) is 6.08 Å². The molecule has 0 fully saturated rings. The molecule has 1 amide bonds. The Morgan fingerprint density at radius 3 is 2.85 bits per heavy atom. The van der Waals surface area contributed by atoms with Gasteiger partial charge in [0.05, 0.1) is 24.0 Å². The lowest BCUT2D eigenvalue weighted by Crippen LogP contribution is -2.31. The van der Waals surface area contributed by atoms with Gasteiger partial charge < -0.3 is 9.47 Å². The van der Waals surface area contributed by atoms with E-state index in [9.17, 15) is 9.59 Å². The Hall–Kier alpha value is -1.69. The molecule has 0 unspecified atom stereocenters. The Morgan fingerprint density at radius 2 is 2.20 bits per heavy atom. The summed E-state index contributed by atoms with van der Waals surface area (Å²) in [6, 6.07) is 0. The zero-order valence-electron chi connectivity index (χ0n) is 11.7. The molecule has 0 aromatic rings. The van der Waals surface area contributed by atoms with Gasteiger partial charge >= 0.3 is 12.1 Å². The lowest BCUT2D eigenvalue weighted by Gasteiger charge is -2.25. The minimum absolute atomic E-state index is 0.217. The van der Waals surface area contributed by atoms with Gasteiger partial charge in [-0.3, -0.25) is 4.90 Å². The molecule has 0 aromatic heterocycles. The molecule has 0 aromatic carbocycles. The first-order chi connectivity index (χ1) is 9.52. The minimum atomic E-state index is -0.485. The second-order valence-corrected chi connectivity index (χ2v) is 5.58. The molecule has 0 saturated carbocycles. The predicted molar refractivity (Wildman–Crippen MR) is 76.8 cm³/mol. The summed E-state index contributed by atoms with van der Waals surface area (Å²) < 4.78 is 10.2. The fraction of sp³-hybridized carbons (Fsp3) is 0.429. The number of thioether (sulfide) groups is 1. The molecule has 0 bridgehead atoms. The van der Waals surface area contributed by atoms with Gasteiger partial charge in [0.1, 0.15) is 0 Å². The number of hydrogen-bond acceptors (Lipinski definition) is 5. The molecule has 5 nitrogen and oxygen atoms in total. The van der Waals surface area contributed by atoms with Gasteiger partial charge in [-0.25, -0.2) is 9.59 Å². The molecule has 2 heterocycles. The molecule has 6 heteroatoms. The number of nitrogens with zero attached hydrogens (tertiary/aromatic N) is 1. The molecule has 0 radical (unpaired) electrons. The second kappa shape index (κ2) is 6.17. The van der Waals surface area contributed by atoms with Gasteiger partial charge in [-0.2, -0.15) is 0 Å².